The van der Waals surface area contributed by atoms with Crippen LogP contribution in [0.4, 0.5) is 5.69 Å². The van der Waals surface area contributed by atoms with Gasteiger partial charge in [0.15, 0.2) is 0 Å². The normalized spacial score (nSPS) is 10.7. The fourth-order valence-corrected chi connectivity index (χ4v) is 2.42. The molecule has 0 spiro atoms. The molecule has 0 fully saturated rings. The van der Waals surface area contributed by atoms with E-state index < -0.39 is 5.91 Å². The summed E-state index contributed by atoms with van der Waals surface area (Å²) in [5, 5.41) is 15.2. The van der Waals surface area contributed by atoms with Gasteiger partial charge in [0.25, 0.3) is 5.91 Å². The zero-order valence-electron chi connectivity index (χ0n) is 14.0. The maximum Gasteiger partial charge on any atom is 0.267 e. The summed E-state index contributed by atoms with van der Waals surface area (Å²) >= 11 is 6.02. The van der Waals surface area contributed by atoms with E-state index in [9.17, 15) is 10.1 Å². The third kappa shape index (κ3) is 5.00. The van der Waals surface area contributed by atoms with Crippen molar-refractivity contribution >= 4 is 23.2 Å². The molecule has 25 heavy (non-hydrogen) atoms. The SMILES string of the molecule is COc1ccc(NC(=O)/C(C#N)=C\NCc2ccccc2C)cc1Cl. The minimum Gasteiger partial charge on any atom is -0.495 e. The molecular formula is C19H18ClN3O2. The number of rotatable bonds is 6. The first-order valence-electron chi connectivity index (χ1n) is 7.58. The van der Waals surface area contributed by atoms with Gasteiger partial charge in [-0.05, 0) is 36.2 Å². The lowest BCUT2D eigenvalue weighted by Gasteiger charge is -2.08. The number of carbonyl (C=O) groups is 1. The van der Waals surface area contributed by atoms with E-state index in [0.29, 0.717) is 23.0 Å². The van der Waals surface area contributed by atoms with Gasteiger partial charge in [0.1, 0.15) is 17.4 Å². The van der Waals surface area contributed by atoms with Crippen LogP contribution < -0.4 is 15.4 Å². The molecule has 2 rings (SSSR count). The van der Waals surface area contributed by atoms with Crippen molar-refractivity contribution in [2.45, 2.75) is 13.5 Å². The smallest absolute Gasteiger partial charge is 0.267 e. The van der Waals surface area contributed by atoms with Crippen molar-refractivity contribution in [2.24, 2.45) is 0 Å². The quantitative estimate of drug-likeness (QED) is 0.610. The van der Waals surface area contributed by atoms with Crippen LogP contribution in [0.25, 0.3) is 0 Å². The average molecular weight is 356 g/mol. The van der Waals surface area contributed by atoms with Crippen LogP contribution in [-0.2, 0) is 11.3 Å². The molecule has 6 heteroatoms. The van der Waals surface area contributed by atoms with Crippen molar-refractivity contribution in [3.8, 4) is 11.8 Å². The molecule has 5 nitrogen and oxygen atoms in total. The predicted octanol–water partition coefficient (Wildman–Crippen LogP) is 3.79. The first-order chi connectivity index (χ1) is 12.0. The van der Waals surface area contributed by atoms with Gasteiger partial charge < -0.3 is 15.4 Å². The van der Waals surface area contributed by atoms with Crippen LogP contribution >= 0.6 is 11.6 Å². The van der Waals surface area contributed by atoms with E-state index in [1.807, 2.05) is 37.3 Å². The van der Waals surface area contributed by atoms with E-state index in [1.54, 1.807) is 18.2 Å². The van der Waals surface area contributed by atoms with Crippen molar-refractivity contribution in [1.29, 1.82) is 5.26 Å². The molecule has 2 aromatic carbocycles. The van der Waals surface area contributed by atoms with Gasteiger partial charge in [0.05, 0.1) is 12.1 Å². The van der Waals surface area contributed by atoms with Crippen LogP contribution in [0.2, 0.25) is 5.02 Å². The van der Waals surface area contributed by atoms with Crippen molar-refractivity contribution in [1.82, 2.24) is 5.32 Å². The highest BCUT2D eigenvalue weighted by Crippen LogP contribution is 2.27. The van der Waals surface area contributed by atoms with Crippen LogP contribution in [0, 0.1) is 18.3 Å². The summed E-state index contributed by atoms with van der Waals surface area (Å²) in [6.45, 7) is 2.53. The van der Waals surface area contributed by atoms with Gasteiger partial charge in [-0.3, -0.25) is 4.79 Å². The Morgan fingerprint density at radius 2 is 2.08 bits per heavy atom. The number of nitriles is 1. The maximum atomic E-state index is 12.2. The molecule has 0 aliphatic heterocycles. The van der Waals surface area contributed by atoms with E-state index in [2.05, 4.69) is 10.6 Å². The van der Waals surface area contributed by atoms with Crippen LogP contribution in [0.3, 0.4) is 0 Å². The molecule has 2 N–H and O–H groups in total. The van der Waals surface area contributed by atoms with Crippen molar-refractivity contribution < 1.29 is 9.53 Å². The van der Waals surface area contributed by atoms with E-state index in [0.717, 1.165) is 11.1 Å². The standard InChI is InChI=1S/C19H18ClN3O2/c1-13-5-3-4-6-14(13)11-22-12-15(10-21)19(24)23-16-7-8-18(25-2)17(20)9-16/h3-9,12,22H,11H2,1-2H3,(H,23,24)/b15-12-. The van der Waals surface area contributed by atoms with Crippen molar-refractivity contribution in [2.75, 3.05) is 12.4 Å². The first kappa shape index (κ1) is 18.4. The zero-order chi connectivity index (χ0) is 18.2. The Bertz CT molecular complexity index is 841. The maximum absolute atomic E-state index is 12.2. The third-order valence-electron chi connectivity index (χ3n) is 3.57. The Kier molecular flexibility index (Phi) is 6.44. The summed E-state index contributed by atoms with van der Waals surface area (Å²) in [6, 6.07) is 14.6. The van der Waals surface area contributed by atoms with Gasteiger partial charge in [-0.15, -0.1) is 0 Å². The molecule has 128 valence electrons. The van der Waals surface area contributed by atoms with Crippen molar-refractivity contribution in [3.05, 3.63) is 70.4 Å². The highest BCUT2D eigenvalue weighted by atomic mass is 35.5. The Balaban J connectivity index is 2.02. The number of hydrogen-bond donors (Lipinski definition) is 2. The minimum atomic E-state index is -0.513. The van der Waals surface area contributed by atoms with E-state index in [1.165, 1.54) is 13.3 Å². The van der Waals surface area contributed by atoms with Crippen molar-refractivity contribution in [3.63, 3.8) is 0 Å². The number of hydrogen-bond acceptors (Lipinski definition) is 4. The number of carbonyl (C=O) groups excluding carboxylic acids is 1. The number of nitrogens with one attached hydrogen (secondary N) is 2. The lowest BCUT2D eigenvalue weighted by molar-refractivity contribution is -0.112. The molecule has 0 unspecified atom stereocenters. The second-order valence-electron chi connectivity index (χ2n) is 5.28. The highest BCUT2D eigenvalue weighted by Gasteiger charge is 2.10. The number of amides is 1. The molecule has 0 aromatic heterocycles. The van der Waals surface area contributed by atoms with Gasteiger partial charge in [-0.2, -0.15) is 5.26 Å². The monoisotopic (exact) mass is 355 g/mol. The largest absolute Gasteiger partial charge is 0.495 e. The van der Waals surface area contributed by atoms with Crippen LogP contribution in [-0.4, -0.2) is 13.0 Å². The number of nitrogens with zero attached hydrogens (tertiary/aromatic N) is 1. The number of aryl methyl sites for hydroxylation is 1. The molecule has 0 aliphatic carbocycles. The number of benzene rings is 2. The fraction of sp³-hybridized carbons (Fsp3) is 0.158. The molecule has 0 aliphatic rings. The number of ether oxygens (including phenoxy) is 1. The van der Waals surface area contributed by atoms with Crippen LogP contribution in [0.1, 0.15) is 11.1 Å². The first-order valence-corrected chi connectivity index (χ1v) is 7.96. The fourth-order valence-electron chi connectivity index (χ4n) is 2.16. The molecule has 0 saturated carbocycles. The Labute approximate surface area is 151 Å². The van der Waals surface area contributed by atoms with E-state index >= 15 is 0 Å². The van der Waals surface area contributed by atoms with E-state index in [4.69, 9.17) is 16.3 Å². The topological polar surface area (TPSA) is 74.1 Å². The Hall–Kier alpha value is -2.97. The van der Waals surface area contributed by atoms with Gasteiger partial charge >= 0.3 is 0 Å². The summed E-state index contributed by atoms with van der Waals surface area (Å²) in [5.74, 6) is -0.00312. The summed E-state index contributed by atoms with van der Waals surface area (Å²) in [5.41, 5.74) is 2.69. The van der Waals surface area contributed by atoms with Gasteiger partial charge in [-0.1, -0.05) is 35.9 Å². The molecule has 0 radical (unpaired) electrons. The second kappa shape index (κ2) is 8.76. The molecule has 0 atom stereocenters. The third-order valence-corrected chi connectivity index (χ3v) is 3.87. The second-order valence-corrected chi connectivity index (χ2v) is 5.69. The lowest BCUT2D eigenvalue weighted by Crippen LogP contribution is -2.16. The molecule has 2 aromatic rings. The van der Waals surface area contributed by atoms with Crippen LogP contribution in [0.15, 0.2) is 54.2 Å². The molecule has 1 amide bonds. The van der Waals surface area contributed by atoms with Gasteiger partial charge in [0.2, 0.25) is 0 Å². The molecule has 0 saturated heterocycles. The number of anilines is 1. The minimum absolute atomic E-state index is 0.0273. The summed E-state index contributed by atoms with van der Waals surface area (Å²) < 4.78 is 5.06. The summed E-state index contributed by atoms with van der Waals surface area (Å²) in [7, 11) is 1.51. The summed E-state index contributed by atoms with van der Waals surface area (Å²) in [6.07, 6.45) is 1.41. The molecule has 0 bridgehead atoms. The average Bonchev–Trinajstić information content (AvgIpc) is 2.60. The Morgan fingerprint density at radius 3 is 2.72 bits per heavy atom. The summed E-state index contributed by atoms with van der Waals surface area (Å²) in [4.78, 5) is 12.2. The Morgan fingerprint density at radius 1 is 1.32 bits per heavy atom. The predicted molar refractivity (Wildman–Crippen MR) is 98.3 cm³/mol. The molecular weight excluding hydrogens is 338 g/mol. The number of methoxy groups -OCH3 is 1. The lowest BCUT2D eigenvalue weighted by atomic mass is 10.1. The van der Waals surface area contributed by atoms with Gasteiger partial charge in [0, 0.05) is 18.4 Å². The van der Waals surface area contributed by atoms with E-state index in [-0.39, 0.29) is 5.57 Å². The highest BCUT2D eigenvalue weighted by molar-refractivity contribution is 6.32. The van der Waals surface area contributed by atoms with Gasteiger partial charge in [-0.25, -0.2) is 0 Å². The van der Waals surface area contributed by atoms with Crippen LogP contribution in [0.5, 0.6) is 5.75 Å². The molecule has 0 heterocycles. The number of halogens is 1. The zero-order valence-corrected chi connectivity index (χ0v) is 14.7.